The van der Waals surface area contributed by atoms with Gasteiger partial charge in [0.1, 0.15) is 11.2 Å². The van der Waals surface area contributed by atoms with Gasteiger partial charge < -0.3 is 9.32 Å². The first-order valence-electron chi connectivity index (χ1n) is 20.9. The van der Waals surface area contributed by atoms with Crippen LogP contribution >= 0.6 is 0 Å². The first kappa shape index (κ1) is 34.6. The first-order valence-corrected chi connectivity index (χ1v) is 20.9. The largest absolute Gasteiger partial charge is 0.455 e. The van der Waals surface area contributed by atoms with Gasteiger partial charge in [-0.2, -0.15) is 0 Å². The van der Waals surface area contributed by atoms with Gasteiger partial charge in [-0.25, -0.2) is 0 Å². The molecule has 0 amide bonds. The van der Waals surface area contributed by atoms with Gasteiger partial charge in [0.2, 0.25) is 0 Å². The predicted molar refractivity (Wildman–Crippen MR) is 249 cm³/mol. The summed E-state index contributed by atoms with van der Waals surface area (Å²) in [5.41, 5.74) is 19.6. The minimum absolute atomic E-state index is 0.243. The van der Waals surface area contributed by atoms with Crippen LogP contribution in [-0.4, -0.2) is 0 Å². The molecule has 0 N–H and O–H groups in total. The summed E-state index contributed by atoms with van der Waals surface area (Å²) in [5, 5.41) is 2.32. The van der Waals surface area contributed by atoms with Gasteiger partial charge in [-0.3, -0.25) is 0 Å². The number of anilines is 3. The number of para-hydroxylation sites is 1. The van der Waals surface area contributed by atoms with Crippen molar-refractivity contribution in [3.05, 3.63) is 246 Å². The predicted octanol–water partition coefficient (Wildman–Crippen LogP) is 15.4. The zero-order valence-corrected chi connectivity index (χ0v) is 33.6. The van der Waals surface area contributed by atoms with Crippen LogP contribution in [0, 0.1) is 0 Å². The summed E-state index contributed by atoms with van der Waals surface area (Å²) in [5.74, 6) is 0. The van der Waals surface area contributed by atoms with E-state index in [1.165, 1.54) is 66.8 Å². The Morgan fingerprint density at radius 1 is 0.383 bits per heavy atom. The molecule has 0 radical (unpaired) electrons. The average Bonchev–Trinajstić information content (AvgIpc) is 3.91. The van der Waals surface area contributed by atoms with E-state index in [9.17, 15) is 0 Å². The Hall–Kier alpha value is -7.42. The van der Waals surface area contributed by atoms with E-state index in [-0.39, 0.29) is 5.41 Å². The van der Waals surface area contributed by atoms with Crippen molar-refractivity contribution in [1.82, 2.24) is 0 Å². The fourth-order valence-corrected chi connectivity index (χ4v) is 10.6. The van der Waals surface area contributed by atoms with Crippen LogP contribution in [0.15, 0.2) is 217 Å². The van der Waals surface area contributed by atoms with Gasteiger partial charge >= 0.3 is 0 Å². The highest BCUT2D eigenvalue weighted by Crippen LogP contribution is 2.57. The molecule has 2 aliphatic rings. The fraction of sp³-hybridized carbons (Fsp3) is 0.0690. The third kappa shape index (κ3) is 4.88. The van der Waals surface area contributed by atoms with E-state index in [1.807, 2.05) is 0 Å². The van der Waals surface area contributed by atoms with E-state index in [4.69, 9.17) is 4.42 Å². The summed E-state index contributed by atoms with van der Waals surface area (Å²) in [6, 6.07) is 78.0. The topological polar surface area (TPSA) is 16.4 Å². The van der Waals surface area contributed by atoms with E-state index in [0.29, 0.717) is 0 Å². The van der Waals surface area contributed by atoms with Crippen LogP contribution in [0.2, 0.25) is 0 Å². The zero-order valence-electron chi connectivity index (χ0n) is 33.6. The van der Waals surface area contributed by atoms with Crippen molar-refractivity contribution in [2.45, 2.75) is 24.7 Å². The van der Waals surface area contributed by atoms with Gasteiger partial charge in [0, 0.05) is 38.8 Å². The summed E-state index contributed by atoms with van der Waals surface area (Å²) < 4.78 is 6.66. The molecule has 2 aliphatic carbocycles. The summed E-state index contributed by atoms with van der Waals surface area (Å²) in [7, 11) is 0. The van der Waals surface area contributed by atoms with Crippen LogP contribution in [-0.2, 0) is 10.8 Å². The number of rotatable bonds is 6. The maximum atomic E-state index is 6.66. The van der Waals surface area contributed by atoms with Gasteiger partial charge in [-0.15, -0.1) is 0 Å². The molecule has 0 aliphatic heterocycles. The number of hydrogen-bond acceptors (Lipinski definition) is 2. The molecule has 12 rings (SSSR count). The third-order valence-electron chi connectivity index (χ3n) is 13.4. The first-order chi connectivity index (χ1) is 29.5. The summed E-state index contributed by atoms with van der Waals surface area (Å²) >= 11 is 0. The van der Waals surface area contributed by atoms with E-state index in [2.05, 4.69) is 231 Å². The quantitative estimate of drug-likeness (QED) is 0.168. The normalized spacial score (nSPS) is 14.1. The molecule has 1 heterocycles. The smallest absolute Gasteiger partial charge is 0.143 e. The van der Waals surface area contributed by atoms with Crippen molar-refractivity contribution in [2.75, 3.05) is 4.90 Å². The Bertz CT molecular complexity index is 3240. The molecule has 2 heteroatoms. The number of hydrogen-bond donors (Lipinski definition) is 0. The molecule has 10 aromatic rings. The average molecular weight is 768 g/mol. The third-order valence-corrected chi connectivity index (χ3v) is 13.4. The number of fused-ring (bicyclic) bond motifs is 10. The minimum Gasteiger partial charge on any atom is -0.455 e. The van der Waals surface area contributed by atoms with Gasteiger partial charge in [-0.05, 0) is 104 Å². The van der Waals surface area contributed by atoms with Crippen LogP contribution in [0.3, 0.4) is 0 Å². The second kappa shape index (κ2) is 13.0. The van der Waals surface area contributed by atoms with Crippen molar-refractivity contribution in [1.29, 1.82) is 0 Å². The van der Waals surface area contributed by atoms with Gasteiger partial charge in [0.15, 0.2) is 0 Å². The SMILES string of the molecule is CC1(C)c2cc(N(c3ccc(-c4ccccc4)cc3)c3cccc(C4(c5ccccc5)c5ccccc5-c5ccccc54)c3)ccc2-c2c1ccc1c2oc2ccccc21. The van der Waals surface area contributed by atoms with E-state index in [0.717, 1.165) is 39.0 Å². The number of benzene rings is 9. The van der Waals surface area contributed by atoms with Crippen LogP contribution in [0.25, 0.3) is 55.3 Å². The molecule has 1 aromatic heterocycles. The zero-order chi connectivity index (χ0) is 40.0. The molecule has 0 unspecified atom stereocenters. The van der Waals surface area contributed by atoms with Crippen molar-refractivity contribution in [3.8, 4) is 33.4 Å². The summed E-state index contributed by atoms with van der Waals surface area (Å²) in [6.45, 7) is 4.71. The Kier molecular flexibility index (Phi) is 7.52. The van der Waals surface area contributed by atoms with Crippen molar-refractivity contribution < 1.29 is 4.42 Å². The summed E-state index contributed by atoms with van der Waals surface area (Å²) in [4.78, 5) is 2.44. The molecule has 0 saturated carbocycles. The van der Waals surface area contributed by atoms with Gasteiger partial charge in [-0.1, -0.05) is 184 Å². The highest BCUT2D eigenvalue weighted by molar-refractivity contribution is 6.12. The Morgan fingerprint density at radius 2 is 0.983 bits per heavy atom. The molecular formula is C58H41NO. The highest BCUT2D eigenvalue weighted by atomic mass is 16.3. The Balaban J connectivity index is 1.07. The van der Waals surface area contributed by atoms with Gasteiger partial charge in [0.25, 0.3) is 0 Å². The number of furan rings is 1. The highest BCUT2D eigenvalue weighted by Gasteiger charge is 2.46. The lowest BCUT2D eigenvalue weighted by molar-refractivity contribution is 0.653. The minimum atomic E-state index is -0.507. The molecule has 0 atom stereocenters. The molecular weight excluding hydrogens is 727 g/mol. The Morgan fingerprint density at radius 3 is 1.73 bits per heavy atom. The molecule has 0 saturated heterocycles. The lowest BCUT2D eigenvalue weighted by Crippen LogP contribution is -2.28. The maximum absolute atomic E-state index is 6.66. The van der Waals surface area contributed by atoms with Crippen LogP contribution < -0.4 is 4.90 Å². The van der Waals surface area contributed by atoms with Gasteiger partial charge in [0.05, 0.1) is 5.41 Å². The standard InChI is InChI=1S/C58H41NO/c1-57(2)52-35-34-48-47-24-11-14-27-54(47)60-56(48)55(52)49-33-32-44(37-53(49)57)59(42-30-28-39(29-31-42)38-16-5-3-6-17-38)43-21-15-20-41(36-43)58(40-18-7-4-8-19-40)50-25-12-9-22-45(50)46-23-10-13-26-51(46)58/h3-37H,1-2H3. The maximum Gasteiger partial charge on any atom is 0.143 e. The molecule has 0 fully saturated rings. The second-order valence-corrected chi connectivity index (χ2v) is 16.8. The second-order valence-electron chi connectivity index (χ2n) is 16.8. The van der Waals surface area contributed by atoms with Crippen molar-refractivity contribution in [3.63, 3.8) is 0 Å². The molecule has 284 valence electrons. The molecule has 9 aromatic carbocycles. The fourth-order valence-electron chi connectivity index (χ4n) is 10.6. The lowest BCUT2D eigenvalue weighted by atomic mass is 9.67. The Labute approximate surface area is 350 Å². The van der Waals surface area contributed by atoms with E-state index in [1.54, 1.807) is 0 Å². The van der Waals surface area contributed by atoms with Crippen LogP contribution in [0.1, 0.15) is 47.2 Å². The number of nitrogens with zero attached hydrogens (tertiary/aromatic N) is 1. The van der Waals surface area contributed by atoms with E-state index < -0.39 is 5.41 Å². The van der Waals surface area contributed by atoms with Crippen LogP contribution in [0.5, 0.6) is 0 Å². The monoisotopic (exact) mass is 767 g/mol. The van der Waals surface area contributed by atoms with Crippen LogP contribution in [0.4, 0.5) is 17.1 Å². The molecule has 60 heavy (non-hydrogen) atoms. The lowest BCUT2D eigenvalue weighted by Gasteiger charge is -2.35. The molecule has 0 bridgehead atoms. The van der Waals surface area contributed by atoms with Crippen molar-refractivity contribution >= 4 is 39.0 Å². The molecule has 0 spiro atoms. The van der Waals surface area contributed by atoms with E-state index >= 15 is 0 Å². The summed E-state index contributed by atoms with van der Waals surface area (Å²) in [6.07, 6.45) is 0. The van der Waals surface area contributed by atoms with Crippen molar-refractivity contribution in [2.24, 2.45) is 0 Å². The molecule has 2 nitrogen and oxygen atoms in total.